The first-order valence-corrected chi connectivity index (χ1v) is 8.36. The van der Waals surface area contributed by atoms with Crippen LogP contribution in [0, 0.1) is 6.92 Å². The Hall–Kier alpha value is -2.53. The van der Waals surface area contributed by atoms with E-state index in [1.807, 2.05) is 30.3 Å². The number of methoxy groups -OCH3 is 1. The number of anilines is 1. The fraction of sp³-hybridized carbons (Fsp3) is 0.263. The summed E-state index contributed by atoms with van der Waals surface area (Å²) in [6.07, 6.45) is 1.60. The zero-order chi connectivity index (χ0) is 18.2. The standard InChI is InChI=1S/C19H21ClN2O3/c1-13-11-16(17(25-2)12-15(13)20)22-19(24)18(23)21-10-6-9-14-7-4-3-5-8-14/h3-5,7-8,11-12H,6,9-10H2,1-2H3,(H,21,23)(H,22,24). The van der Waals surface area contributed by atoms with Crippen molar-refractivity contribution < 1.29 is 14.3 Å². The molecule has 132 valence electrons. The van der Waals surface area contributed by atoms with Gasteiger partial charge in [0.15, 0.2) is 0 Å². The number of hydrogen-bond donors (Lipinski definition) is 2. The van der Waals surface area contributed by atoms with Crippen LogP contribution in [0.1, 0.15) is 17.5 Å². The zero-order valence-electron chi connectivity index (χ0n) is 14.3. The van der Waals surface area contributed by atoms with Crippen LogP contribution in [-0.4, -0.2) is 25.5 Å². The van der Waals surface area contributed by atoms with Crippen molar-refractivity contribution in [1.82, 2.24) is 5.32 Å². The maximum absolute atomic E-state index is 12.0. The highest BCUT2D eigenvalue weighted by Gasteiger charge is 2.16. The highest BCUT2D eigenvalue weighted by molar-refractivity contribution is 6.40. The fourth-order valence-electron chi connectivity index (χ4n) is 2.33. The van der Waals surface area contributed by atoms with Crippen LogP contribution in [0.4, 0.5) is 5.69 Å². The van der Waals surface area contributed by atoms with Gasteiger partial charge in [-0.05, 0) is 37.0 Å². The Bertz CT molecular complexity index is 748. The van der Waals surface area contributed by atoms with Crippen LogP contribution in [0.25, 0.3) is 0 Å². The van der Waals surface area contributed by atoms with Crippen LogP contribution in [0.15, 0.2) is 42.5 Å². The van der Waals surface area contributed by atoms with Gasteiger partial charge in [0.25, 0.3) is 0 Å². The third-order valence-electron chi connectivity index (χ3n) is 3.71. The highest BCUT2D eigenvalue weighted by Crippen LogP contribution is 2.30. The van der Waals surface area contributed by atoms with Gasteiger partial charge in [-0.25, -0.2) is 0 Å². The van der Waals surface area contributed by atoms with E-state index < -0.39 is 11.8 Å². The van der Waals surface area contributed by atoms with Gasteiger partial charge in [-0.1, -0.05) is 41.9 Å². The summed E-state index contributed by atoms with van der Waals surface area (Å²) in [5.41, 5.74) is 2.39. The summed E-state index contributed by atoms with van der Waals surface area (Å²) in [6.45, 7) is 2.24. The minimum atomic E-state index is -0.736. The van der Waals surface area contributed by atoms with Crippen molar-refractivity contribution in [2.24, 2.45) is 0 Å². The lowest BCUT2D eigenvalue weighted by Crippen LogP contribution is -2.36. The molecule has 0 spiro atoms. The van der Waals surface area contributed by atoms with E-state index in [4.69, 9.17) is 16.3 Å². The number of carbonyl (C=O) groups is 2. The number of benzene rings is 2. The molecule has 0 atom stereocenters. The van der Waals surface area contributed by atoms with Gasteiger partial charge in [-0.2, -0.15) is 0 Å². The lowest BCUT2D eigenvalue weighted by molar-refractivity contribution is -0.136. The number of hydrogen-bond acceptors (Lipinski definition) is 3. The predicted octanol–water partition coefficient (Wildman–Crippen LogP) is 3.34. The third kappa shape index (κ3) is 5.50. The quantitative estimate of drug-likeness (QED) is 0.613. The van der Waals surface area contributed by atoms with Gasteiger partial charge in [0, 0.05) is 17.6 Å². The SMILES string of the molecule is COc1cc(Cl)c(C)cc1NC(=O)C(=O)NCCCc1ccccc1. The molecule has 25 heavy (non-hydrogen) atoms. The summed E-state index contributed by atoms with van der Waals surface area (Å²) < 4.78 is 5.18. The molecule has 0 aliphatic rings. The maximum atomic E-state index is 12.0. The molecule has 0 aliphatic heterocycles. The molecule has 2 aromatic rings. The molecule has 0 aliphatic carbocycles. The van der Waals surface area contributed by atoms with Crippen LogP contribution < -0.4 is 15.4 Å². The molecule has 2 rings (SSSR count). The minimum Gasteiger partial charge on any atom is -0.495 e. The summed E-state index contributed by atoms with van der Waals surface area (Å²) in [4.78, 5) is 23.9. The Labute approximate surface area is 152 Å². The van der Waals surface area contributed by atoms with Gasteiger partial charge >= 0.3 is 11.8 Å². The third-order valence-corrected chi connectivity index (χ3v) is 4.11. The average molecular weight is 361 g/mol. The molecule has 0 radical (unpaired) electrons. The number of carbonyl (C=O) groups excluding carboxylic acids is 2. The van der Waals surface area contributed by atoms with Crippen LogP contribution in [-0.2, 0) is 16.0 Å². The molecule has 0 saturated heterocycles. The van der Waals surface area contributed by atoms with E-state index in [-0.39, 0.29) is 0 Å². The summed E-state index contributed by atoms with van der Waals surface area (Å²) in [5, 5.41) is 5.70. The number of aryl methyl sites for hydroxylation is 2. The van der Waals surface area contributed by atoms with E-state index in [1.165, 1.54) is 12.7 Å². The molecule has 0 unspecified atom stereocenters. The summed E-state index contributed by atoms with van der Waals surface area (Å²) in [5.74, 6) is -1.01. The first kappa shape index (κ1) is 18.8. The Morgan fingerprint density at radius 3 is 2.52 bits per heavy atom. The molecule has 0 heterocycles. The summed E-state index contributed by atoms with van der Waals surface area (Å²) in [6, 6.07) is 13.2. The lowest BCUT2D eigenvalue weighted by atomic mass is 10.1. The van der Waals surface area contributed by atoms with E-state index in [0.717, 1.165) is 18.4 Å². The number of halogens is 1. The van der Waals surface area contributed by atoms with Gasteiger partial charge in [0.05, 0.1) is 12.8 Å². The molecule has 2 N–H and O–H groups in total. The van der Waals surface area contributed by atoms with E-state index in [1.54, 1.807) is 19.1 Å². The second kappa shape index (κ2) is 9.08. The Kier molecular flexibility index (Phi) is 6.83. The van der Waals surface area contributed by atoms with Gasteiger partial charge in [0.1, 0.15) is 5.75 Å². The molecule has 5 nitrogen and oxygen atoms in total. The van der Waals surface area contributed by atoms with Gasteiger partial charge in [0.2, 0.25) is 0 Å². The number of nitrogens with one attached hydrogen (secondary N) is 2. The van der Waals surface area contributed by atoms with Crippen molar-refractivity contribution in [2.75, 3.05) is 19.0 Å². The molecule has 0 aromatic heterocycles. The van der Waals surface area contributed by atoms with Crippen molar-refractivity contribution in [1.29, 1.82) is 0 Å². The largest absolute Gasteiger partial charge is 0.495 e. The van der Waals surface area contributed by atoms with E-state index >= 15 is 0 Å². The molecular formula is C19H21ClN2O3. The van der Waals surface area contributed by atoms with Gasteiger partial charge in [-0.3, -0.25) is 9.59 Å². The van der Waals surface area contributed by atoms with Crippen molar-refractivity contribution in [3.8, 4) is 5.75 Å². The fourth-order valence-corrected chi connectivity index (χ4v) is 2.48. The smallest absolute Gasteiger partial charge is 0.313 e. The van der Waals surface area contributed by atoms with Crippen LogP contribution in [0.2, 0.25) is 5.02 Å². The van der Waals surface area contributed by atoms with Crippen LogP contribution >= 0.6 is 11.6 Å². The molecule has 2 amide bonds. The first-order chi connectivity index (χ1) is 12.0. The number of amides is 2. The topological polar surface area (TPSA) is 67.4 Å². The highest BCUT2D eigenvalue weighted by atomic mass is 35.5. The normalized spacial score (nSPS) is 10.2. The monoisotopic (exact) mass is 360 g/mol. The Balaban J connectivity index is 1.84. The van der Waals surface area contributed by atoms with Crippen molar-refractivity contribution in [3.05, 3.63) is 58.6 Å². The van der Waals surface area contributed by atoms with Gasteiger partial charge < -0.3 is 15.4 Å². The predicted molar refractivity (Wildman–Crippen MR) is 99.1 cm³/mol. The van der Waals surface area contributed by atoms with E-state index in [9.17, 15) is 9.59 Å². The molecule has 2 aromatic carbocycles. The van der Waals surface area contributed by atoms with Crippen LogP contribution in [0.3, 0.4) is 0 Å². The number of ether oxygens (including phenoxy) is 1. The minimum absolute atomic E-state index is 0.404. The second-order valence-corrected chi connectivity index (χ2v) is 6.01. The zero-order valence-corrected chi connectivity index (χ0v) is 15.0. The first-order valence-electron chi connectivity index (χ1n) is 7.98. The van der Waals surface area contributed by atoms with Crippen molar-refractivity contribution in [2.45, 2.75) is 19.8 Å². The van der Waals surface area contributed by atoms with Crippen LogP contribution in [0.5, 0.6) is 5.75 Å². The van der Waals surface area contributed by atoms with Crippen molar-refractivity contribution in [3.63, 3.8) is 0 Å². The summed E-state index contributed by atoms with van der Waals surface area (Å²) in [7, 11) is 1.47. The average Bonchev–Trinajstić information content (AvgIpc) is 2.62. The molecule has 0 bridgehead atoms. The van der Waals surface area contributed by atoms with E-state index in [0.29, 0.717) is 23.0 Å². The Morgan fingerprint density at radius 1 is 1.12 bits per heavy atom. The second-order valence-electron chi connectivity index (χ2n) is 5.60. The molecule has 0 fully saturated rings. The van der Waals surface area contributed by atoms with Gasteiger partial charge in [-0.15, -0.1) is 0 Å². The summed E-state index contributed by atoms with van der Waals surface area (Å²) >= 11 is 6.03. The Morgan fingerprint density at radius 2 is 1.84 bits per heavy atom. The molecular weight excluding hydrogens is 340 g/mol. The number of rotatable bonds is 6. The van der Waals surface area contributed by atoms with E-state index in [2.05, 4.69) is 10.6 Å². The molecule has 6 heteroatoms. The van der Waals surface area contributed by atoms with Crippen molar-refractivity contribution >= 4 is 29.1 Å². The lowest BCUT2D eigenvalue weighted by Gasteiger charge is -2.12. The molecule has 0 saturated carbocycles. The maximum Gasteiger partial charge on any atom is 0.313 e.